The van der Waals surface area contributed by atoms with Crippen LogP contribution >= 0.6 is 0 Å². The molecule has 5 heteroatoms. The first-order chi connectivity index (χ1) is 8.27. The highest BCUT2D eigenvalue weighted by Gasteiger charge is 2.03. The minimum absolute atomic E-state index is 0.00546. The second-order valence-electron chi connectivity index (χ2n) is 3.49. The van der Waals surface area contributed by atoms with Crippen molar-refractivity contribution in [3.63, 3.8) is 0 Å². The number of aliphatic hydroxyl groups is 1. The Morgan fingerprint density at radius 2 is 2.00 bits per heavy atom. The van der Waals surface area contributed by atoms with Gasteiger partial charge < -0.3 is 20.9 Å². The summed E-state index contributed by atoms with van der Waals surface area (Å²) in [6.45, 7) is 1.58. The average Bonchev–Trinajstić information content (AvgIpc) is 2.38. The van der Waals surface area contributed by atoms with Gasteiger partial charge in [-0.3, -0.25) is 4.79 Å². The van der Waals surface area contributed by atoms with Gasteiger partial charge in [0.1, 0.15) is 0 Å². The van der Waals surface area contributed by atoms with Crippen molar-refractivity contribution in [3.05, 3.63) is 35.4 Å². The Morgan fingerprint density at radius 3 is 2.59 bits per heavy atom. The zero-order chi connectivity index (χ0) is 12.5. The summed E-state index contributed by atoms with van der Waals surface area (Å²) in [5, 5.41) is 11.2. The highest BCUT2D eigenvalue weighted by atomic mass is 16.5. The Bertz CT molecular complexity index is 338. The molecule has 0 saturated carbocycles. The Kier molecular flexibility index (Phi) is 6.24. The van der Waals surface area contributed by atoms with Crippen molar-refractivity contribution in [1.82, 2.24) is 5.32 Å². The van der Waals surface area contributed by atoms with Gasteiger partial charge in [-0.25, -0.2) is 0 Å². The molecule has 0 aromatic heterocycles. The normalized spacial score (nSPS) is 10.2. The molecule has 94 valence electrons. The van der Waals surface area contributed by atoms with Crippen LogP contribution in [0.1, 0.15) is 15.9 Å². The number of hydrogen-bond donors (Lipinski definition) is 3. The molecule has 1 aromatic rings. The van der Waals surface area contributed by atoms with Gasteiger partial charge in [-0.2, -0.15) is 0 Å². The molecule has 1 amide bonds. The molecule has 0 unspecified atom stereocenters. The third-order valence-electron chi connectivity index (χ3n) is 2.22. The van der Waals surface area contributed by atoms with E-state index in [9.17, 15) is 4.79 Å². The van der Waals surface area contributed by atoms with Crippen LogP contribution in [0.4, 0.5) is 0 Å². The van der Waals surface area contributed by atoms with E-state index in [0.717, 1.165) is 5.56 Å². The lowest BCUT2D eigenvalue weighted by molar-refractivity contribution is 0.0838. The van der Waals surface area contributed by atoms with E-state index >= 15 is 0 Å². The minimum Gasteiger partial charge on any atom is -0.394 e. The molecule has 0 aliphatic rings. The molecule has 17 heavy (non-hydrogen) atoms. The average molecular weight is 238 g/mol. The summed E-state index contributed by atoms with van der Waals surface area (Å²) < 4.78 is 5.02. The topological polar surface area (TPSA) is 84.6 Å². The van der Waals surface area contributed by atoms with Gasteiger partial charge in [0.15, 0.2) is 0 Å². The molecular weight excluding hydrogens is 220 g/mol. The van der Waals surface area contributed by atoms with Crippen LogP contribution in [0.5, 0.6) is 0 Å². The van der Waals surface area contributed by atoms with Gasteiger partial charge in [0.2, 0.25) is 0 Å². The molecule has 0 atom stereocenters. The number of amides is 1. The number of benzene rings is 1. The van der Waals surface area contributed by atoms with Crippen molar-refractivity contribution >= 4 is 5.91 Å². The van der Waals surface area contributed by atoms with E-state index in [4.69, 9.17) is 15.6 Å². The molecule has 0 bridgehead atoms. The second-order valence-corrected chi connectivity index (χ2v) is 3.49. The number of ether oxygens (including phenoxy) is 1. The molecule has 4 N–H and O–H groups in total. The maximum absolute atomic E-state index is 11.6. The van der Waals surface area contributed by atoms with Crippen molar-refractivity contribution < 1.29 is 14.6 Å². The maximum Gasteiger partial charge on any atom is 0.251 e. The summed E-state index contributed by atoms with van der Waals surface area (Å²) in [6, 6.07) is 7.15. The van der Waals surface area contributed by atoms with Gasteiger partial charge in [-0.05, 0) is 17.7 Å². The Hall–Kier alpha value is -1.43. The number of rotatable bonds is 7. The zero-order valence-corrected chi connectivity index (χ0v) is 9.69. The zero-order valence-electron chi connectivity index (χ0n) is 9.69. The number of hydrogen-bond acceptors (Lipinski definition) is 4. The van der Waals surface area contributed by atoms with E-state index in [0.29, 0.717) is 31.9 Å². The van der Waals surface area contributed by atoms with E-state index in [2.05, 4.69) is 5.32 Å². The highest BCUT2D eigenvalue weighted by Crippen LogP contribution is 2.03. The summed E-state index contributed by atoms with van der Waals surface area (Å²) in [6.07, 6.45) is 0. The molecular formula is C12H18N2O3. The number of carbonyl (C=O) groups is 1. The summed E-state index contributed by atoms with van der Waals surface area (Å²) >= 11 is 0. The summed E-state index contributed by atoms with van der Waals surface area (Å²) in [4.78, 5) is 11.6. The largest absolute Gasteiger partial charge is 0.394 e. The van der Waals surface area contributed by atoms with Crippen LogP contribution < -0.4 is 11.1 Å². The van der Waals surface area contributed by atoms with Crippen LogP contribution in [0.2, 0.25) is 0 Å². The molecule has 1 aromatic carbocycles. The predicted molar refractivity (Wildman–Crippen MR) is 64.6 cm³/mol. The van der Waals surface area contributed by atoms with Crippen LogP contribution in [-0.4, -0.2) is 37.4 Å². The predicted octanol–water partition coefficient (Wildman–Crippen LogP) is -0.116. The van der Waals surface area contributed by atoms with E-state index < -0.39 is 0 Å². The number of nitrogens with one attached hydrogen (secondary N) is 1. The van der Waals surface area contributed by atoms with Crippen molar-refractivity contribution in [2.24, 2.45) is 5.73 Å². The smallest absolute Gasteiger partial charge is 0.251 e. The van der Waals surface area contributed by atoms with Crippen molar-refractivity contribution in [1.29, 1.82) is 0 Å². The Morgan fingerprint density at radius 1 is 1.29 bits per heavy atom. The SMILES string of the molecule is NCc1ccc(C(=O)NCCOCCO)cc1. The lowest BCUT2D eigenvalue weighted by Gasteiger charge is -2.06. The van der Waals surface area contributed by atoms with Gasteiger partial charge in [-0.1, -0.05) is 12.1 Å². The summed E-state index contributed by atoms with van der Waals surface area (Å²) in [7, 11) is 0. The minimum atomic E-state index is -0.138. The first-order valence-electron chi connectivity index (χ1n) is 5.53. The van der Waals surface area contributed by atoms with E-state index in [-0.39, 0.29) is 12.5 Å². The number of nitrogens with two attached hydrogens (primary N) is 1. The van der Waals surface area contributed by atoms with E-state index in [1.807, 2.05) is 12.1 Å². The van der Waals surface area contributed by atoms with Crippen molar-refractivity contribution in [2.45, 2.75) is 6.54 Å². The molecule has 0 radical (unpaired) electrons. The monoisotopic (exact) mass is 238 g/mol. The highest BCUT2D eigenvalue weighted by molar-refractivity contribution is 5.94. The third kappa shape index (κ3) is 4.95. The Labute approximate surface area is 101 Å². The van der Waals surface area contributed by atoms with Crippen LogP contribution in [0.25, 0.3) is 0 Å². The van der Waals surface area contributed by atoms with Gasteiger partial charge >= 0.3 is 0 Å². The van der Waals surface area contributed by atoms with Gasteiger partial charge in [0.05, 0.1) is 19.8 Å². The molecule has 0 fully saturated rings. The molecule has 1 rings (SSSR count). The fourth-order valence-electron chi connectivity index (χ4n) is 1.30. The summed E-state index contributed by atoms with van der Waals surface area (Å²) in [5.74, 6) is -0.138. The van der Waals surface area contributed by atoms with Crippen molar-refractivity contribution in [3.8, 4) is 0 Å². The molecule has 0 aliphatic carbocycles. The van der Waals surface area contributed by atoms with Crippen LogP contribution in [0.15, 0.2) is 24.3 Å². The number of carbonyl (C=O) groups excluding carboxylic acids is 1. The molecule has 0 saturated heterocycles. The van der Waals surface area contributed by atoms with Crippen LogP contribution in [0, 0.1) is 0 Å². The second kappa shape index (κ2) is 7.78. The fourth-order valence-corrected chi connectivity index (χ4v) is 1.30. The first-order valence-corrected chi connectivity index (χ1v) is 5.53. The third-order valence-corrected chi connectivity index (χ3v) is 2.22. The standard InChI is InChI=1S/C12H18N2O3/c13-9-10-1-3-11(4-2-10)12(16)14-5-7-17-8-6-15/h1-4,15H,5-9,13H2,(H,14,16). The van der Waals surface area contributed by atoms with Gasteiger partial charge in [0, 0.05) is 18.7 Å². The lowest BCUT2D eigenvalue weighted by Crippen LogP contribution is -2.27. The first kappa shape index (κ1) is 13.6. The maximum atomic E-state index is 11.6. The quantitative estimate of drug-likeness (QED) is 0.578. The molecule has 0 spiro atoms. The Balaban J connectivity index is 2.31. The van der Waals surface area contributed by atoms with E-state index in [1.54, 1.807) is 12.1 Å². The van der Waals surface area contributed by atoms with Gasteiger partial charge in [-0.15, -0.1) is 0 Å². The molecule has 5 nitrogen and oxygen atoms in total. The lowest BCUT2D eigenvalue weighted by atomic mass is 10.1. The summed E-state index contributed by atoms with van der Waals surface area (Å²) in [5.41, 5.74) is 7.06. The van der Waals surface area contributed by atoms with Crippen molar-refractivity contribution in [2.75, 3.05) is 26.4 Å². The van der Waals surface area contributed by atoms with Crippen LogP contribution in [0.3, 0.4) is 0 Å². The van der Waals surface area contributed by atoms with Crippen LogP contribution in [-0.2, 0) is 11.3 Å². The van der Waals surface area contributed by atoms with Gasteiger partial charge in [0.25, 0.3) is 5.91 Å². The molecule has 0 heterocycles. The van der Waals surface area contributed by atoms with E-state index in [1.165, 1.54) is 0 Å². The fraction of sp³-hybridized carbons (Fsp3) is 0.417. The molecule has 0 aliphatic heterocycles. The number of aliphatic hydroxyl groups excluding tert-OH is 1.